The number of benzene rings is 2. The Labute approximate surface area is 163 Å². The van der Waals surface area contributed by atoms with E-state index in [0.29, 0.717) is 34.0 Å². The Bertz CT molecular complexity index is 723. The smallest absolute Gasteiger partial charge is 0.106 e. The summed E-state index contributed by atoms with van der Waals surface area (Å²) in [4.78, 5) is 0. The summed E-state index contributed by atoms with van der Waals surface area (Å²) in [5.41, 5.74) is 1.67. The fourth-order valence-corrected chi connectivity index (χ4v) is 3.41. The predicted octanol–water partition coefficient (Wildman–Crippen LogP) is 3.82. The summed E-state index contributed by atoms with van der Waals surface area (Å²) < 4.78 is 0. The van der Waals surface area contributed by atoms with Crippen molar-refractivity contribution in [1.82, 2.24) is 0 Å². The van der Waals surface area contributed by atoms with Crippen molar-refractivity contribution in [1.29, 1.82) is 0 Å². The zero-order chi connectivity index (χ0) is 19.3. The van der Waals surface area contributed by atoms with Crippen molar-refractivity contribution in [3.8, 4) is 0 Å². The van der Waals surface area contributed by atoms with Gasteiger partial charge in [-0.3, -0.25) is 0 Å². The van der Waals surface area contributed by atoms with Crippen molar-refractivity contribution < 1.29 is 20.4 Å². The van der Waals surface area contributed by atoms with E-state index in [-0.39, 0.29) is 6.42 Å². The van der Waals surface area contributed by atoms with Crippen LogP contribution >= 0.6 is 23.2 Å². The van der Waals surface area contributed by atoms with Gasteiger partial charge >= 0.3 is 0 Å². The summed E-state index contributed by atoms with van der Waals surface area (Å²) in [6.07, 6.45) is -2.99. The quantitative estimate of drug-likeness (QED) is 0.544. The summed E-state index contributed by atoms with van der Waals surface area (Å²) in [5, 5.41) is 41.4. The second-order valence-corrected chi connectivity index (χ2v) is 7.10. The van der Waals surface area contributed by atoms with E-state index in [2.05, 4.69) is 0 Å². The number of hydrogen-bond donors (Lipinski definition) is 4. The monoisotopic (exact) mass is 398 g/mol. The highest BCUT2D eigenvalue weighted by molar-refractivity contribution is 6.32. The first-order valence-corrected chi connectivity index (χ1v) is 9.36. The lowest BCUT2D eigenvalue weighted by Crippen LogP contribution is -2.20. The Hall–Kier alpha value is -1.14. The highest BCUT2D eigenvalue weighted by Gasteiger charge is 2.23. The van der Waals surface area contributed by atoms with Crippen molar-refractivity contribution in [2.45, 2.75) is 50.6 Å². The van der Waals surface area contributed by atoms with Gasteiger partial charge in [-0.2, -0.15) is 0 Å². The lowest BCUT2D eigenvalue weighted by molar-refractivity contribution is 0.0135. The van der Waals surface area contributed by atoms with Gasteiger partial charge in [0.05, 0.1) is 12.2 Å². The van der Waals surface area contributed by atoms with Crippen LogP contribution < -0.4 is 0 Å². The molecule has 4 atom stereocenters. The molecule has 142 valence electrons. The molecule has 0 radical (unpaired) electrons. The molecule has 0 aliphatic rings. The number of aliphatic hydroxyl groups excluding tert-OH is 4. The van der Waals surface area contributed by atoms with E-state index in [1.54, 1.807) is 49.4 Å². The summed E-state index contributed by atoms with van der Waals surface area (Å²) in [6, 6.07) is 12.1. The molecule has 4 nitrogen and oxygen atoms in total. The average Bonchev–Trinajstić information content (AvgIpc) is 2.65. The molecule has 0 bridgehead atoms. The molecule has 4 N–H and O–H groups in total. The molecular formula is C20H24Cl2O4. The zero-order valence-corrected chi connectivity index (χ0v) is 16.0. The molecule has 6 heteroatoms. The van der Waals surface area contributed by atoms with Gasteiger partial charge in [0, 0.05) is 21.2 Å². The summed E-state index contributed by atoms with van der Waals surface area (Å²) in [7, 11) is 0. The number of hydrogen-bond acceptors (Lipinski definition) is 4. The second-order valence-electron chi connectivity index (χ2n) is 6.31. The fraction of sp³-hybridized carbons (Fsp3) is 0.400. The SMILES string of the molecule is CC[C@@H](O)[C@H](O)c1cccc(CC[C@H](O)[C@@H](O)c2ccccc2Cl)c1Cl. The molecule has 0 aliphatic heterocycles. The van der Waals surface area contributed by atoms with Crippen LogP contribution in [-0.2, 0) is 6.42 Å². The van der Waals surface area contributed by atoms with Crippen LogP contribution in [0.2, 0.25) is 10.0 Å². The Morgan fingerprint density at radius 2 is 1.42 bits per heavy atom. The standard InChI is InChI=1S/C20H24Cl2O4/c1-2-16(23)20(26)14-8-5-6-12(18(14)22)10-11-17(24)19(25)13-7-3-4-9-15(13)21/h3-9,16-17,19-20,23-26H,2,10-11H2,1H3/t16-,17+,19+,20-/m1/s1. The Balaban J connectivity index is 2.08. The number of halogens is 2. The fourth-order valence-electron chi connectivity index (χ4n) is 2.84. The molecule has 0 aromatic heterocycles. The third kappa shape index (κ3) is 4.97. The first-order chi connectivity index (χ1) is 12.4. The van der Waals surface area contributed by atoms with Gasteiger partial charge in [0.15, 0.2) is 0 Å². The summed E-state index contributed by atoms with van der Waals surface area (Å²) in [5.74, 6) is 0. The second kappa shape index (κ2) is 9.70. The largest absolute Gasteiger partial charge is 0.390 e. The third-order valence-corrected chi connectivity index (χ3v) is 5.31. The topological polar surface area (TPSA) is 80.9 Å². The predicted molar refractivity (Wildman–Crippen MR) is 103 cm³/mol. The van der Waals surface area contributed by atoms with Crippen LogP contribution in [0.4, 0.5) is 0 Å². The zero-order valence-electron chi connectivity index (χ0n) is 14.5. The average molecular weight is 399 g/mol. The maximum atomic E-state index is 10.3. The van der Waals surface area contributed by atoms with E-state index in [4.69, 9.17) is 23.2 Å². The van der Waals surface area contributed by atoms with Crippen LogP contribution in [0, 0.1) is 0 Å². The number of rotatable bonds is 8. The van der Waals surface area contributed by atoms with Crippen molar-refractivity contribution in [2.75, 3.05) is 0 Å². The molecule has 0 fully saturated rings. The van der Waals surface area contributed by atoms with E-state index in [1.165, 1.54) is 0 Å². The van der Waals surface area contributed by atoms with Gasteiger partial charge in [-0.25, -0.2) is 0 Å². The Morgan fingerprint density at radius 1 is 0.808 bits per heavy atom. The number of aryl methyl sites for hydroxylation is 1. The van der Waals surface area contributed by atoms with Gasteiger partial charge < -0.3 is 20.4 Å². The first kappa shape index (κ1) is 21.2. The van der Waals surface area contributed by atoms with E-state index in [0.717, 1.165) is 5.56 Å². The van der Waals surface area contributed by atoms with Crippen molar-refractivity contribution >= 4 is 23.2 Å². The Morgan fingerprint density at radius 3 is 2.08 bits per heavy atom. The van der Waals surface area contributed by atoms with Crippen molar-refractivity contribution in [3.05, 3.63) is 69.2 Å². The van der Waals surface area contributed by atoms with Crippen LogP contribution in [0.15, 0.2) is 42.5 Å². The van der Waals surface area contributed by atoms with Crippen LogP contribution in [0.5, 0.6) is 0 Å². The van der Waals surface area contributed by atoms with Gasteiger partial charge in [0.1, 0.15) is 12.2 Å². The van der Waals surface area contributed by atoms with Gasteiger partial charge in [-0.15, -0.1) is 0 Å². The maximum absolute atomic E-state index is 10.3. The van der Waals surface area contributed by atoms with Crippen molar-refractivity contribution in [3.63, 3.8) is 0 Å². The third-order valence-electron chi connectivity index (χ3n) is 4.51. The molecule has 0 amide bonds. The molecule has 0 aliphatic carbocycles. The number of aliphatic hydroxyl groups is 4. The van der Waals surface area contributed by atoms with Crippen LogP contribution in [0.3, 0.4) is 0 Å². The maximum Gasteiger partial charge on any atom is 0.106 e. The lowest BCUT2D eigenvalue weighted by atomic mass is 9.95. The lowest BCUT2D eigenvalue weighted by Gasteiger charge is -2.21. The first-order valence-electron chi connectivity index (χ1n) is 8.60. The van der Waals surface area contributed by atoms with Crippen LogP contribution in [-0.4, -0.2) is 32.6 Å². The minimum atomic E-state index is -1.10. The molecule has 0 unspecified atom stereocenters. The molecule has 2 rings (SSSR count). The van der Waals surface area contributed by atoms with Gasteiger partial charge in [-0.1, -0.05) is 66.5 Å². The van der Waals surface area contributed by atoms with Crippen molar-refractivity contribution in [2.24, 2.45) is 0 Å². The summed E-state index contributed by atoms with van der Waals surface area (Å²) >= 11 is 12.4. The highest BCUT2D eigenvalue weighted by Crippen LogP contribution is 2.31. The molecule has 26 heavy (non-hydrogen) atoms. The molecule has 0 heterocycles. The van der Waals surface area contributed by atoms with Crippen LogP contribution in [0.25, 0.3) is 0 Å². The minimum absolute atomic E-state index is 0.266. The van der Waals surface area contributed by atoms with Gasteiger partial charge in [-0.05, 0) is 30.9 Å². The van der Waals surface area contributed by atoms with Gasteiger partial charge in [0.2, 0.25) is 0 Å². The van der Waals surface area contributed by atoms with E-state index in [1.807, 2.05) is 0 Å². The normalized spacial score (nSPS) is 16.1. The van der Waals surface area contributed by atoms with E-state index < -0.39 is 24.4 Å². The molecular weight excluding hydrogens is 375 g/mol. The Kier molecular flexibility index (Phi) is 7.89. The highest BCUT2D eigenvalue weighted by atomic mass is 35.5. The molecule has 0 spiro atoms. The summed E-state index contributed by atoms with van der Waals surface area (Å²) in [6.45, 7) is 1.78. The molecule has 0 saturated heterocycles. The van der Waals surface area contributed by atoms with E-state index in [9.17, 15) is 20.4 Å². The van der Waals surface area contributed by atoms with Crippen LogP contribution in [0.1, 0.15) is 48.7 Å². The molecule has 2 aromatic carbocycles. The molecule has 2 aromatic rings. The van der Waals surface area contributed by atoms with E-state index >= 15 is 0 Å². The minimum Gasteiger partial charge on any atom is -0.390 e. The van der Waals surface area contributed by atoms with Gasteiger partial charge in [0.25, 0.3) is 0 Å². The molecule has 0 saturated carbocycles.